The summed E-state index contributed by atoms with van der Waals surface area (Å²) >= 11 is 6.12. The van der Waals surface area contributed by atoms with E-state index >= 15 is 0 Å². The number of Topliss-reactive ketones (excluding diaryl/α,β-unsaturated/α-hetero) is 1. The van der Waals surface area contributed by atoms with Gasteiger partial charge in [-0.1, -0.05) is 36.6 Å². The highest BCUT2D eigenvalue weighted by Gasteiger charge is 2.45. The molecule has 2 bridgehead atoms. The first kappa shape index (κ1) is 21.7. The third kappa shape index (κ3) is 3.91. The number of hydrogen-bond acceptors (Lipinski definition) is 5. The van der Waals surface area contributed by atoms with Gasteiger partial charge in [0.1, 0.15) is 5.78 Å². The van der Waals surface area contributed by atoms with E-state index in [-0.39, 0.29) is 29.7 Å². The SMILES string of the molecule is O=C1CC2CN(Cc3c(-c4ccc(Cl)cc4)nc4ncccn34)CC(C1)N2C(=O)C1CCCC1. The van der Waals surface area contributed by atoms with Crippen LogP contribution < -0.4 is 0 Å². The molecule has 1 amide bonds. The molecule has 1 saturated carbocycles. The van der Waals surface area contributed by atoms with Crippen molar-refractivity contribution in [1.82, 2.24) is 24.2 Å². The number of imidazole rings is 1. The summed E-state index contributed by atoms with van der Waals surface area (Å²) in [6, 6.07) is 9.56. The maximum atomic E-state index is 13.3. The third-order valence-electron chi connectivity index (χ3n) is 7.60. The zero-order valence-corrected chi connectivity index (χ0v) is 19.8. The standard InChI is InChI=1S/C26H28ClN5O2/c27-19-8-6-17(7-9-19)24-23(31-11-3-10-28-26(31)29-24)16-30-14-20-12-22(33)13-21(15-30)32(20)25(34)18-4-1-2-5-18/h3,6-11,18,20-21H,1-2,4-5,12-16H2. The summed E-state index contributed by atoms with van der Waals surface area (Å²) in [5.74, 6) is 1.37. The van der Waals surface area contributed by atoms with Crippen LogP contribution in [0.1, 0.15) is 44.2 Å². The molecule has 0 N–H and O–H groups in total. The molecule has 3 aromatic rings. The summed E-state index contributed by atoms with van der Waals surface area (Å²) in [5.41, 5.74) is 2.95. The summed E-state index contributed by atoms with van der Waals surface area (Å²) in [6.45, 7) is 2.08. The Morgan fingerprint density at radius 2 is 1.76 bits per heavy atom. The number of carbonyl (C=O) groups excluding carboxylic acids is 2. The Labute approximate surface area is 203 Å². The van der Waals surface area contributed by atoms with E-state index in [0.717, 1.165) is 42.6 Å². The van der Waals surface area contributed by atoms with Crippen LogP contribution in [-0.2, 0) is 16.1 Å². The van der Waals surface area contributed by atoms with Gasteiger partial charge in [-0.2, -0.15) is 0 Å². The fraction of sp³-hybridized carbons (Fsp3) is 0.462. The Morgan fingerprint density at radius 3 is 2.47 bits per heavy atom. The fourth-order valence-corrected chi connectivity index (χ4v) is 6.21. The zero-order valence-electron chi connectivity index (χ0n) is 19.1. The smallest absolute Gasteiger partial charge is 0.234 e. The topological polar surface area (TPSA) is 70.8 Å². The van der Waals surface area contributed by atoms with Crippen molar-refractivity contribution in [3.63, 3.8) is 0 Å². The van der Waals surface area contributed by atoms with Crippen LogP contribution in [0.2, 0.25) is 5.02 Å². The lowest BCUT2D eigenvalue weighted by molar-refractivity contribution is -0.151. The van der Waals surface area contributed by atoms with Gasteiger partial charge in [0.25, 0.3) is 0 Å². The quantitative estimate of drug-likeness (QED) is 0.568. The van der Waals surface area contributed by atoms with E-state index < -0.39 is 0 Å². The molecule has 34 heavy (non-hydrogen) atoms. The average Bonchev–Trinajstić information content (AvgIpc) is 3.48. The van der Waals surface area contributed by atoms with Crippen molar-refractivity contribution in [2.45, 2.75) is 57.2 Å². The molecular formula is C26H28ClN5O2. The first-order valence-electron chi connectivity index (χ1n) is 12.2. The van der Waals surface area contributed by atoms with Crippen LogP contribution in [-0.4, -0.2) is 61.0 Å². The Hall–Kier alpha value is -2.77. The van der Waals surface area contributed by atoms with Crippen LogP contribution in [0, 0.1) is 5.92 Å². The van der Waals surface area contributed by atoms with Gasteiger partial charge in [-0.15, -0.1) is 0 Å². The maximum absolute atomic E-state index is 13.3. The van der Waals surface area contributed by atoms with Gasteiger partial charge in [0.15, 0.2) is 0 Å². The van der Waals surface area contributed by atoms with Gasteiger partial charge in [-0.25, -0.2) is 9.97 Å². The molecule has 8 heteroatoms. The second kappa shape index (κ2) is 8.78. The first-order chi connectivity index (χ1) is 16.6. The third-order valence-corrected chi connectivity index (χ3v) is 7.86. The van der Waals surface area contributed by atoms with Crippen LogP contribution in [0.4, 0.5) is 0 Å². The number of rotatable bonds is 4. The van der Waals surface area contributed by atoms with Crippen molar-refractivity contribution in [3.05, 3.63) is 53.4 Å². The van der Waals surface area contributed by atoms with E-state index in [1.54, 1.807) is 6.20 Å². The van der Waals surface area contributed by atoms with Gasteiger partial charge in [0, 0.05) is 61.4 Å². The highest BCUT2D eigenvalue weighted by molar-refractivity contribution is 6.30. The largest absolute Gasteiger partial charge is 0.333 e. The van der Waals surface area contributed by atoms with Gasteiger partial charge >= 0.3 is 0 Å². The first-order valence-corrected chi connectivity index (χ1v) is 12.6. The molecule has 0 radical (unpaired) electrons. The van der Waals surface area contributed by atoms with Gasteiger partial charge in [-0.3, -0.25) is 18.9 Å². The number of likely N-dealkylation sites (tertiary alicyclic amines) is 1. The number of halogens is 1. The number of benzene rings is 1. The lowest BCUT2D eigenvalue weighted by atomic mass is 9.88. The van der Waals surface area contributed by atoms with Gasteiger partial charge in [-0.05, 0) is 31.0 Å². The van der Waals surface area contributed by atoms with Crippen molar-refractivity contribution in [2.24, 2.45) is 5.92 Å². The number of nitrogens with zero attached hydrogens (tertiary/aromatic N) is 5. The van der Waals surface area contributed by atoms with Crippen molar-refractivity contribution in [2.75, 3.05) is 13.1 Å². The lowest BCUT2D eigenvalue weighted by Crippen LogP contribution is -2.64. The maximum Gasteiger partial charge on any atom is 0.234 e. The minimum Gasteiger partial charge on any atom is -0.333 e. The molecule has 2 saturated heterocycles. The second-order valence-corrected chi connectivity index (χ2v) is 10.3. The Balaban J connectivity index is 1.30. The van der Waals surface area contributed by atoms with Crippen LogP contribution >= 0.6 is 11.6 Å². The predicted octanol–water partition coefficient (Wildman–Crippen LogP) is 3.98. The Kier molecular flexibility index (Phi) is 5.62. The normalized spacial score (nSPS) is 23.7. The molecule has 2 unspecified atom stereocenters. The molecule has 1 aliphatic carbocycles. The van der Waals surface area contributed by atoms with Crippen LogP contribution in [0.5, 0.6) is 0 Å². The summed E-state index contributed by atoms with van der Waals surface area (Å²) in [6.07, 6.45) is 8.93. The van der Waals surface area contributed by atoms with Crippen molar-refractivity contribution < 1.29 is 9.59 Å². The molecule has 176 valence electrons. The minimum atomic E-state index is -0.0376. The number of piperidine rings is 1. The summed E-state index contributed by atoms with van der Waals surface area (Å²) < 4.78 is 2.04. The monoisotopic (exact) mass is 477 g/mol. The van der Waals surface area contributed by atoms with E-state index in [4.69, 9.17) is 16.6 Å². The number of ketones is 1. The van der Waals surface area contributed by atoms with E-state index in [9.17, 15) is 9.59 Å². The molecule has 6 rings (SSSR count). The highest BCUT2D eigenvalue weighted by atomic mass is 35.5. The van der Waals surface area contributed by atoms with E-state index in [2.05, 4.69) is 14.8 Å². The van der Waals surface area contributed by atoms with Crippen LogP contribution in [0.3, 0.4) is 0 Å². The summed E-state index contributed by atoms with van der Waals surface area (Å²) in [7, 11) is 0. The van der Waals surface area contributed by atoms with E-state index in [0.29, 0.717) is 43.3 Å². The molecule has 3 aliphatic rings. The van der Waals surface area contributed by atoms with Crippen LogP contribution in [0.25, 0.3) is 17.0 Å². The molecule has 7 nitrogen and oxygen atoms in total. The molecule has 4 heterocycles. The number of aromatic nitrogens is 3. The molecular weight excluding hydrogens is 450 g/mol. The summed E-state index contributed by atoms with van der Waals surface area (Å²) in [5, 5.41) is 0.688. The lowest BCUT2D eigenvalue weighted by Gasteiger charge is -2.50. The average molecular weight is 478 g/mol. The molecule has 2 atom stereocenters. The van der Waals surface area contributed by atoms with E-state index in [1.807, 2.05) is 40.9 Å². The van der Waals surface area contributed by atoms with Gasteiger partial charge < -0.3 is 4.90 Å². The number of amides is 1. The predicted molar refractivity (Wildman–Crippen MR) is 129 cm³/mol. The number of fused-ring (bicyclic) bond motifs is 3. The van der Waals surface area contributed by atoms with Crippen molar-refractivity contribution in [3.8, 4) is 11.3 Å². The molecule has 1 aromatic carbocycles. The Bertz CT molecular complexity index is 1220. The van der Waals surface area contributed by atoms with Crippen molar-refractivity contribution >= 4 is 29.1 Å². The number of piperazine rings is 1. The zero-order chi connectivity index (χ0) is 23.2. The van der Waals surface area contributed by atoms with Gasteiger partial charge in [0.05, 0.1) is 23.5 Å². The minimum absolute atomic E-state index is 0.0376. The fourth-order valence-electron chi connectivity index (χ4n) is 6.09. The van der Waals surface area contributed by atoms with Gasteiger partial charge in [0.2, 0.25) is 11.7 Å². The molecule has 2 aromatic heterocycles. The van der Waals surface area contributed by atoms with Crippen molar-refractivity contribution in [1.29, 1.82) is 0 Å². The second-order valence-electron chi connectivity index (χ2n) is 9.88. The number of hydrogen-bond donors (Lipinski definition) is 0. The molecule has 3 fully saturated rings. The summed E-state index contributed by atoms with van der Waals surface area (Å²) in [4.78, 5) is 39.5. The molecule has 0 spiro atoms. The Morgan fingerprint density at radius 1 is 1.06 bits per heavy atom. The van der Waals surface area contributed by atoms with E-state index in [1.165, 1.54) is 0 Å². The molecule has 2 aliphatic heterocycles. The number of carbonyl (C=O) groups is 2. The highest BCUT2D eigenvalue weighted by Crippen LogP contribution is 2.35. The van der Waals surface area contributed by atoms with Crippen LogP contribution in [0.15, 0.2) is 42.7 Å².